The Labute approximate surface area is 75.6 Å². The molecule has 13 heavy (non-hydrogen) atoms. The van der Waals surface area contributed by atoms with Crippen LogP contribution >= 0.6 is 0 Å². The van der Waals surface area contributed by atoms with E-state index >= 15 is 0 Å². The number of nitrogens with two attached hydrogens (primary N) is 1. The third kappa shape index (κ3) is 2.72. The predicted molar refractivity (Wildman–Crippen MR) is 47.9 cm³/mol. The van der Waals surface area contributed by atoms with Gasteiger partial charge >= 0.3 is 0 Å². The highest BCUT2D eigenvalue weighted by atomic mass is 16.5. The van der Waals surface area contributed by atoms with Gasteiger partial charge in [0.1, 0.15) is 12.0 Å². The van der Waals surface area contributed by atoms with Crippen molar-refractivity contribution in [1.82, 2.24) is 5.16 Å². The van der Waals surface area contributed by atoms with E-state index in [4.69, 9.17) is 5.73 Å². The zero-order valence-electron chi connectivity index (χ0n) is 7.06. The van der Waals surface area contributed by atoms with Crippen LogP contribution in [-0.2, 0) is 4.79 Å². The summed E-state index contributed by atoms with van der Waals surface area (Å²) in [7, 11) is 0. The maximum absolute atomic E-state index is 11.2. The molecule has 1 aromatic heterocycles. The number of carbonyl (C=O) groups excluding carboxylic acids is 1. The number of anilines is 1. The first-order valence-corrected chi connectivity index (χ1v) is 3.80. The van der Waals surface area contributed by atoms with Gasteiger partial charge in [-0.25, -0.2) is 0 Å². The number of nitrogens with one attached hydrogen (secondary N) is 1. The fourth-order valence-corrected chi connectivity index (χ4v) is 0.788. The minimum atomic E-state index is -0.576. The van der Waals surface area contributed by atoms with Crippen molar-refractivity contribution in [3.8, 4) is 0 Å². The lowest BCUT2D eigenvalue weighted by Crippen LogP contribution is -2.34. The van der Waals surface area contributed by atoms with E-state index in [9.17, 15) is 4.79 Å². The van der Waals surface area contributed by atoms with Gasteiger partial charge < -0.3 is 15.6 Å². The van der Waals surface area contributed by atoms with Crippen molar-refractivity contribution in [1.29, 1.82) is 0 Å². The fraction of sp³-hybridized carbons (Fsp3) is 0.250. The van der Waals surface area contributed by atoms with E-state index in [-0.39, 0.29) is 5.91 Å². The summed E-state index contributed by atoms with van der Waals surface area (Å²) < 4.78 is 4.53. The van der Waals surface area contributed by atoms with Gasteiger partial charge in [0.2, 0.25) is 5.91 Å². The lowest BCUT2D eigenvalue weighted by molar-refractivity contribution is -0.117. The second kappa shape index (κ2) is 4.42. The van der Waals surface area contributed by atoms with Crippen LogP contribution in [0.2, 0.25) is 0 Å². The number of hydrogen-bond acceptors (Lipinski definition) is 4. The maximum atomic E-state index is 11.2. The van der Waals surface area contributed by atoms with Crippen molar-refractivity contribution in [2.24, 2.45) is 5.73 Å². The van der Waals surface area contributed by atoms with Crippen LogP contribution in [-0.4, -0.2) is 17.1 Å². The quantitative estimate of drug-likeness (QED) is 0.663. The standard InChI is InChI=1S/C8H11N3O2/c1-2-3-7(9)8(12)11-6-4-10-13-5-6/h2,4-5,7H,1,3,9H2,(H,11,12). The molecule has 0 bridgehead atoms. The summed E-state index contributed by atoms with van der Waals surface area (Å²) >= 11 is 0. The van der Waals surface area contributed by atoms with Crippen LogP contribution in [0.3, 0.4) is 0 Å². The Bertz CT molecular complexity index is 282. The molecule has 1 heterocycles. The number of aromatic nitrogens is 1. The van der Waals surface area contributed by atoms with E-state index in [1.165, 1.54) is 12.5 Å². The van der Waals surface area contributed by atoms with Gasteiger partial charge in [0.25, 0.3) is 0 Å². The van der Waals surface area contributed by atoms with Crippen molar-refractivity contribution < 1.29 is 9.32 Å². The summed E-state index contributed by atoms with van der Waals surface area (Å²) in [5.41, 5.74) is 6.01. The Kier molecular flexibility index (Phi) is 3.22. The molecule has 0 spiro atoms. The van der Waals surface area contributed by atoms with Crippen molar-refractivity contribution >= 4 is 11.6 Å². The molecule has 0 aliphatic carbocycles. The average molecular weight is 181 g/mol. The Hall–Kier alpha value is -1.62. The highest BCUT2D eigenvalue weighted by Crippen LogP contribution is 2.04. The van der Waals surface area contributed by atoms with E-state index in [0.29, 0.717) is 12.1 Å². The molecule has 1 unspecified atom stereocenters. The average Bonchev–Trinajstić information content (AvgIpc) is 2.57. The SMILES string of the molecule is C=CCC(N)C(=O)Nc1cnoc1. The molecule has 1 aromatic rings. The molecule has 0 aliphatic rings. The fourth-order valence-electron chi connectivity index (χ4n) is 0.788. The van der Waals surface area contributed by atoms with Crippen LogP contribution in [0.1, 0.15) is 6.42 Å². The van der Waals surface area contributed by atoms with Gasteiger partial charge in [-0.2, -0.15) is 0 Å². The van der Waals surface area contributed by atoms with E-state index in [2.05, 4.69) is 21.6 Å². The van der Waals surface area contributed by atoms with Crippen molar-refractivity contribution in [3.05, 3.63) is 25.1 Å². The maximum Gasteiger partial charge on any atom is 0.241 e. The summed E-state index contributed by atoms with van der Waals surface area (Å²) in [4.78, 5) is 11.2. The third-order valence-corrected chi connectivity index (χ3v) is 1.46. The Morgan fingerprint density at radius 1 is 1.92 bits per heavy atom. The molecule has 0 aliphatic heterocycles. The molecule has 1 amide bonds. The molecule has 1 atom stereocenters. The van der Waals surface area contributed by atoms with Crippen LogP contribution in [0.15, 0.2) is 29.6 Å². The monoisotopic (exact) mass is 181 g/mol. The minimum Gasteiger partial charge on any atom is -0.363 e. The van der Waals surface area contributed by atoms with E-state index in [1.807, 2.05) is 0 Å². The summed E-state index contributed by atoms with van der Waals surface area (Å²) in [5.74, 6) is -0.275. The first-order chi connectivity index (χ1) is 6.24. The predicted octanol–water partition coefficient (Wildman–Crippen LogP) is 0.516. The molecule has 0 aromatic carbocycles. The molecule has 0 radical (unpaired) electrons. The highest BCUT2D eigenvalue weighted by Gasteiger charge is 2.11. The zero-order chi connectivity index (χ0) is 9.68. The van der Waals surface area contributed by atoms with Crippen LogP contribution in [0.25, 0.3) is 0 Å². The van der Waals surface area contributed by atoms with Crippen molar-refractivity contribution in [2.75, 3.05) is 5.32 Å². The van der Waals surface area contributed by atoms with E-state index < -0.39 is 6.04 Å². The first-order valence-electron chi connectivity index (χ1n) is 3.80. The Morgan fingerprint density at radius 3 is 3.23 bits per heavy atom. The molecule has 1 rings (SSSR count). The normalized spacial score (nSPS) is 12.1. The summed E-state index contributed by atoms with van der Waals surface area (Å²) in [6.45, 7) is 3.49. The smallest absolute Gasteiger partial charge is 0.241 e. The molecular formula is C8H11N3O2. The second-order valence-electron chi connectivity index (χ2n) is 2.53. The number of rotatable bonds is 4. The first kappa shape index (κ1) is 9.47. The molecule has 70 valence electrons. The third-order valence-electron chi connectivity index (χ3n) is 1.46. The molecule has 0 saturated carbocycles. The topological polar surface area (TPSA) is 81.2 Å². The molecule has 3 N–H and O–H groups in total. The van der Waals surface area contributed by atoms with Gasteiger partial charge in [0, 0.05) is 0 Å². The number of nitrogens with zero attached hydrogens (tertiary/aromatic N) is 1. The van der Waals surface area contributed by atoms with Gasteiger partial charge in [0.05, 0.1) is 12.2 Å². The van der Waals surface area contributed by atoms with Gasteiger partial charge in [-0.15, -0.1) is 6.58 Å². The van der Waals surface area contributed by atoms with Crippen molar-refractivity contribution in [3.63, 3.8) is 0 Å². The lowest BCUT2D eigenvalue weighted by atomic mass is 10.2. The molecule has 5 heteroatoms. The number of amides is 1. The largest absolute Gasteiger partial charge is 0.363 e. The Morgan fingerprint density at radius 2 is 2.69 bits per heavy atom. The van der Waals surface area contributed by atoms with Gasteiger partial charge in [-0.3, -0.25) is 4.79 Å². The summed E-state index contributed by atoms with van der Waals surface area (Å²) in [6.07, 6.45) is 4.77. The van der Waals surface area contributed by atoms with E-state index in [0.717, 1.165) is 0 Å². The molecule has 0 fully saturated rings. The highest BCUT2D eigenvalue weighted by molar-refractivity contribution is 5.94. The van der Waals surface area contributed by atoms with Crippen LogP contribution in [0.4, 0.5) is 5.69 Å². The van der Waals surface area contributed by atoms with Gasteiger partial charge in [0.15, 0.2) is 0 Å². The zero-order valence-corrected chi connectivity index (χ0v) is 7.06. The summed E-state index contributed by atoms with van der Waals surface area (Å²) in [5, 5.41) is 5.97. The number of carbonyl (C=O) groups is 1. The van der Waals surface area contributed by atoms with Gasteiger partial charge in [-0.05, 0) is 6.42 Å². The van der Waals surface area contributed by atoms with Crippen molar-refractivity contribution in [2.45, 2.75) is 12.5 Å². The molecule has 5 nitrogen and oxygen atoms in total. The number of hydrogen-bond donors (Lipinski definition) is 2. The summed E-state index contributed by atoms with van der Waals surface area (Å²) in [6, 6.07) is -0.576. The lowest BCUT2D eigenvalue weighted by Gasteiger charge is -2.07. The molecular weight excluding hydrogens is 170 g/mol. The second-order valence-corrected chi connectivity index (χ2v) is 2.53. The van der Waals surface area contributed by atoms with Gasteiger partial charge in [-0.1, -0.05) is 11.2 Å². The molecule has 0 saturated heterocycles. The Balaban J connectivity index is 2.45. The van der Waals surface area contributed by atoms with Crippen LogP contribution in [0.5, 0.6) is 0 Å². The van der Waals surface area contributed by atoms with E-state index in [1.54, 1.807) is 6.08 Å². The minimum absolute atomic E-state index is 0.275. The van der Waals surface area contributed by atoms with Crippen LogP contribution < -0.4 is 11.1 Å². The van der Waals surface area contributed by atoms with Crippen LogP contribution in [0, 0.1) is 0 Å².